The molecular weight excluding hydrogens is 394 g/mol. The molecule has 2 rings (SSSR count). The number of anilines is 1. The van der Waals surface area contributed by atoms with Gasteiger partial charge in [-0.3, -0.25) is 5.10 Å². The average molecular weight is 421 g/mol. The highest BCUT2D eigenvalue weighted by Crippen LogP contribution is 2.39. The number of ether oxygens (including phenoxy) is 3. The number of hydrogen-bond acceptors (Lipinski definition) is 7. The third-order valence-electron chi connectivity index (χ3n) is 3.80. The molecule has 1 aromatic heterocycles. The molecule has 0 saturated heterocycles. The van der Waals surface area contributed by atoms with Crippen molar-refractivity contribution >= 4 is 34.7 Å². The van der Waals surface area contributed by atoms with Crippen molar-refractivity contribution in [3.05, 3.63) is 17.3 Å². The molecule has 1 aromatic carbocycles. The largest absolute Gasteiger partial charge is 0.496 e. The molecule has 0 aliphatic rings. The van der Waals surface area contributed by atoms with Gasteiger partial charge in [-0.05, 0) is 54.5 Å². The number of aromatic amines is 1. The number of aromatic carboxylic acids is 1. The topological polar surface area (TPSA) is 131 Å². The molecule has 0 fully saturated rings. The fraction of sp³-hybridized carbons (Fsp3) is 0.500. The Bertz CT molecular complexity index is 968. The van der Waals surface area contributed by atoms with Gasteiger partial charge in [0.1, 0.15) is 28.2 Å². The Hall–Kier alpha value is -3.30. The number of aromatic nitrogens is 2. The Kier molecular flexibility index (Phi) is 6.01. The molecule has 0 spiro atoms. The molecule has 2 amide bonds. The molecule has 2 N–H and O–H groups in total. The number of benzene rings is 1. The van der Waals surface area contributed by atoms with Crippen LogP contribution in [0, 0.1) is 6.92 Å². The monoisotopic (exact) mass is 421 g/mol. The Labute approximate surface area is 174 Å². The normalized spacial score (nSPS) is 11.9. The number of carbonyl (C=O) groups is 3. The smallest absolute Gasteiger partial charge is 0.424 e. The molecule has 2 aromatic rings. The molecule has 10 nitrogen and oxygen atoms in total. The van der Waals surface area contributed by atoms with Gasteiger partial charge in [-0.15, -0.1) is 0 Å². The molecule has 0 radical (unpaired) electrons. The SMILES string of the molecule is COc1cc2c(C)n[nH]c2c(N(C(=O)OC(C)(C)C)C(=O)OC(C)(C)C)c1C(=O)O. The number of carboxylic acid groups (broad SMARTS) is 1. The second-order valence-corrected chi connectivity index (χ2v) is 8.64. The van der Waals surface area contributed by atoms with Crippen LogP contribution in [0.5, 0.6) is 5.75 Å². The van der Waals surface area contributed by atoms with Gasteiger partial charge in [-0.2, -0.15) is 10.00 Å². The fourth-order valence-corrected chi connectivity index (χ4v) is 2.71. The number of carbonyl (C=O) groups excluding carboxylic acids is 2. The van der Waals surface area contributed by atoms with E-state index in [2.05, 4.69) is 10.2 Å². The lowest BCUT2D eigenvalue weighted by atomic mass is 10.1. The summed E-state index contributed by atoms with van der Waals surface area (Å²) >= 11 is 0. The van der Waals surface area contributed by atoms with Crippen molar-refractivity contribution in [3.8, 4) is 5.75 Å². The van der Waals surface area contributed by atoms with E-state index < -0.39 is 34.9 Å². The first-order valence-electron chi connectivity index (χ1n) is 9.21. The highest BCUT2D eigenvalue weighted by Gasteiger charge is 2.38. The molecule has 0 saturated carbocycles. The van der Waals surface area contributed by atoms with Gasteiger partial charge in [-0.1, -0.05) is 0 Å². The summed E-state index contributed by atoms with van der Waals surface area (Å²) in [4.78, 5) is 38.8. The van der Waals surface area contributed by atoms with Crippen molar-refractivity contribution in [2.75, 3.05) is 12.0 Å². The summed E-state index contributed by atoms with van der Waals surface area (Å²) in [6, 6.07) is 1.48. The van der Waals surface area contributed by atoms with Crippen LogP contribution in [-0.2, 0) is 9.47 Å². The molecule has 10 heteroatoms. The van der Waals surface area contributed by atoms with E-state index in [1.165, 1.54) is 13.2 Å². The minimum absolute atomic E-state index is 0.0494. The Balaban J connectivity index is 2.88. The number of fused-ring (bicyclic) bond motifs is 1. The average Bonchev–Trinajstić information content (AvgIpc) is 2.91. The van der Waals surface area contributed by atoms with Crippen LogP contribution < -0.4 is 9.64 Å². The van der Waals surface area contributed by atoms with Gasteiger partial charge in [0.05, 0.1) is 18.3 Å². The van der Waals surface area contributed by atoms with Crippen molar-refractivity contribution < 1.29 is 33.7 Å². The van der Waals surface area contributed by atoms with Crippen LogP contribution in [0.2, 0.25) is 0 Å². The zero-order valence-electron chi connectivity index (χ0n) is 18.4. The van der Waals surface area contributed by atoms with Gasteiger partial charge >= 0.3 is 18.2 Å². The zero-order valence-corrected chi connectivity index (χ0v) is 18.4. The first kappa shape index (κ1) is 23.0. The predicted octanol–water partition coefficient (Wildman–Crippen LogP) is 4.25. The maximum Gasteiger partial charge on any atom is 0.424 e. The third-order valence-corrected chi connectivity index (χ3v) is 3.80. The lowest BCUT2D eigenvalue weighted by Crippen LogP contribution is -2.44. The predicted molar refractivity (Wildman–Crippen MR) is 109 cm³/mol. The van der Waals surface area contributed by atoms with Gasteiger partial charge in [-0.25, -0.2) is 14.4 Å². The summed E-state index contributed by atoms with van der Waals surface area (Å²) in [5, 5.41) is 17.1. The quantitative estimate of drug-likeness (QED) is 0.752. The molecule has 164 valence electrons. The van der Waals surface area contributed by atoms with E-state index in [0.717, 1.165) is 0 Å². The highest BCUT2D eigenvalue weighted by molar-refractivity contribution is 6.20. The standard InChI is InChI=1S/C20H27N3O7/c1-10-11-9-12(28-8)13(16(24)25)15(14(11)22-21-10)23(17(26)29-19(2,3)4)18(27)30-20(5,6)7/h9H,1-8H3,(H,21,22)(H,24,25). The van der Waals surface area contributed by atoms with Crippen molar-refractivity contribution in [2.24, 2.45) is 0 Å². The molecular formula is C20H27N3O7. The molecule has 1 heterocycles. The number of carboxylic acids is 1. The van der Waals surface area contributed by atoms with Crippen LogP contribution >= 0.6 is 0 Å². The first-order chi connectivity index (χ1) is 13.7. The highest BCUT2D eigenvalue weighted by atomic mass is 16.6. The van der Waals surface area contributed by atoms with E-state index in [9.17, 15) is 19.5 Å². The van der Waals surface area contributed by atoms with Crippen LogP contribution in [0.4, 0.5) is 15.3 Å². The number of amides is 2. The van der Waals surface area contributed by atoms with Crippen molar-refractivity contribution in [1.29, 1.82) is 0 Å². The maximum atomic E-state index is 13.0. The van der Waals surface area contributed by atoms with Crippen LogP contribution in [-0.4, -0.2) is 51.8 Å². The van der Waals surface area contributed by atoms with E-state index in [4.69, 9.17) is 14.2 Å². The summed E-state index contributed by atoms with van der Waals surface area (Å²) in [5.74, 6) is -1.46. The van der Waals surface area contributed by atoms with Gasteiger partial charge < -0.3 is 19.3 Å². The second kappa shape index (κ2) is 7.85. The number of aryl methyl sites for hydroxylation is 1. The summed E-state index contributed by atoms with van der Waals surface area (Å²) < 4.78 is 16.0. The van der Waals surface area contributed by atoms with Crippen molar-refractivity contribution in [3.63, 3.8) is 0 Å². The van der Waals surface area contributed by atoms with E-state index in [1.54, 1.807) is 48.5 Å². The second-order valence-electron chi connectivity index (χ2n) is 8.64. The minimum Gasteiger partial charge on any atom is -0.496 e. The third kappa shape index (κ3) is 4.81. The number of imide groups is 1. The van der Waals surface area contributed by atoms with Crippen molar-refractivity contribution in [1.82, 2.24) is 10.2 Å². The first-order valence-corrected chi connectivity index (χ1v) is 9.21. The Morgan fingerprint density at radius 1 is 1.03 bits per heavy atom. The lowest BCUT2D eigenvalue weighted by Gasteiger charge is -2.29. The summed E-state index contributed by atoms with van der Waals surface area (Å²) in [6.07, 6.45) is -2.19. The summed E-state index contributed by atoms with van der Waals surface area (Å²) in [5.41, 5.74) is -1.92. The maximum absolute atomic E-state index is 13.0. The molecule has 0 aliphatic heterocycles. The van der Waals surface area contributed by atoms with Crippen LogP contribution in [0.15, 0.2) is 6.07 Å². The molecule has 0 unspecified atom stereocenters. The van der Waals surface area contributed by atoms with E-state index in [0.29, 0.717) is 16.0 Å². The van der Waals surface area contributed by atoms with Crippen LogP contribution in [0.3, 0.4) is 0 Å². The molecule has 0 aliphatic carbocycles. The van der Waals surface area contributed by atoms with E-state index in [-0.39, 0.29) is 17.0 Å². The van der Waals surface area contributed by atoms with E-state index >= 15 is 0 Å². The lowest BCUT2D eigenvalue weighted by molar-refractivity contribution is 0.0431. The zero-order chi connectivity index (χ0) is 23.0. The molecule has 30 heavy (non-hydrogen) atoms. The number of methoxy groups -OCH3 is 1. The van der Waals surface area contributed by atoms with Gasteiger partial charge in [0.15, 0.2) is 0 Å². The number of H-pyrrole nitrogens is 1. The molecule has 0 atom stereocenters. The Morgan fingerprint density at radius 2 is 1.53 bits per heavy atom. The number of hydrogen-bond donors (Lipinski definition) is 2. The molecule has 0 bridgehead atoms. The number of nitrogens with one attached hydrogen (secondary N) is 1. The Morgan fingerprint density at radius 3 is 1.93 bits per heavy atom. The van der Waals surface area contributed by atoms with Gasteiger partial charge in [0.25, 0.3) is 0 Å². The van der Waals surface area contributed by atoms with Crippen molar-refractivity contribution in [2.45, 2.75) is 59.7 Å². The van der Waals surface area contributed by atoms with Gasteiger partial charge in [0, 0.05) is 5.39 Å². The summed E-state index contributed by atoms with van der Waals surface area (Å²) in [7, 11) is 1.29. The minimum atomic E-state index is -1.41. The van der Waals surface area contributed by atoms with Crippen LogP contribution in [0.1, 0.15) is 57.6 Å². The summed E-state index contributed by atoms with van der Waals surface area (Å²) in [6.45, 7) is 11.4. The number of nitrogens with zero attached hydrogens (tertiary/aromatic N) is 2. The van der Waals surface area contributed by atoms with Crippen LogP contribution in [0.25, 0.3) is 10.9 Å². The van der Waals surface area contributed by atoms with E-state index in [1.807, 2.05) is 0 Å². The van der Waals surface area contributed by atoms with Gasteiger partial charge in [0.2, 0.25) is 0 Å². The fourth-order valence-electron chi connectivity index (χ4n) is 2.71. The number of rotatable bonds is 3.